The summed E-state index contributed by atoms with van der Waals surface area (Å²) < 4.78 is 0. The Labute approximate surface area is 74.7 Å². The zero-order valence-electron chi connectivity index (χ0n) is 7.66. The first-order valence-corrected chi connectivity index (χ1v) is 4.88. The van der Waals surface area contributed by atoms with E-state index in [1.54, 1.807) is 5.57 Å². The molecule has 12 heavy (non-hydrogen) atoms. The fourth-order valence-corrected chi connectivity index (χ4v) is 2.25. The molecular weight excluding hydrogens is 144 g/mol. The van der Waals surface area contributed by atoms with Gasteiger partial charge >= 0.3 is 0 Å². The molecule has 2 atom stereocenters. The van der Waals surface area contributed by atoms with Crippen molar-refractivity contribution in [1.82, 2.24) is 0 Å². The van der Waals surface area contributed by atoms with Gasteiger partial charge in [-0.1, -0.05) is 36.0 Å². The minimum absolute atomic E-state index is 0.806. The molecule has 2 unspecified atom stereocenters. The van der Waals surface area contributed by atoms with Crippen LogP contribution < -0.4 is 0 Å². The lowest BCUT2D eigenvalue weighted by molar-refractivity contribution is 0.693. The van der Waals surface area contributed by atoms with Crippen molar-refractivity contribution in [3.05, 3.63) is 36.0 Å². The van der Waals surface area contributed by atoms with E-state index in [0.29, 0.717) is 0 Å². The standard InChI is InChI=1S/C12H16/c1-2-3-4-5-11-8-10-6-7-12(11)9-10/h2-3,5-7,10,12H,4,8-9H2,1H3/b3-2+,11-5-. The van der Waals surface area contributed by atoms with Gasteiger partial charge in [0.2, 0.25) is 0 Å². The fraction of sp³-hybridized carbons (Fsp3) is 0.500. The van der Waals surface area contributed by atoms with Gasteiger partial charge < -0.3 is 0 Å². The van der Waals surface area contributed by atoms with Crippen molar-refractivity contribution in [1.29, 1.82) is 0 Å². The Balaban J connectivity index is 1.98. The summed E-state index contributed by atoms with van der Waals surface area (Å²) in [6.45, 7) is 2.08. The zero-order valence-corrected chi connectivity index (χ0v) is 7.66. The van der Waals surface area contributed by atoms with Crippen molar-refractivity contribution in [2.75, 3.05) is 0 Å². The molecule has 2 aliphatic rings. The quantitative estimate of drug-likeness (QED) is 0.542. The highest BCUT2D eigenvalue weighted by molar-refractivity contribution is 5.27. The second-order valence-electron chi connectivity index (χ2n) is 3.78. The van der Waals surface area contributed by atoms with E-state index in [1.807, 2.05) is 0 Å². The second-order valence-corrected chi connectivity index (χ2v) is 3.78. The van der Waals surface area contributed by atoms with Gasteiger partial charge in [-0.15, -0.1) is 0 Å². The van der Waals surface area contributed by atoms with E-state index in [9.17, 15) is 0 Å². The fourth-order valence-electron chi connectivity index (χ4n) is 2.25. The van der Waals surface area contributed by atoms with Gasteiger partial charge in [-0.05, 0) is 38.0 Å². The van der Waals surface area contributed by atoms with Gasteiger partial charge in [0, 0.05) is 0 Å². The lowest BCUT2D eigenvalue weighted by atomic mass is 10.00. The molecule has 0 spiro atoms. The molecule has 0 aromatic rings. The molecule has 0 saturated heterocycles. The molecule has 0 heterocycles. The molecule has 0 nitrogen and oxygen atoms in total. The maximum absolute atomic E-state index is 2.41. The van der Waals surface area contributed by atoms with Crippen molar-refractivity contribution < 1.29 is 0 Å². The average molecular weight is 160 g/mol. The van der Waals surface area contributed by atoms with Crippen LogP contribution in [-0.4, -0.2) is 0 Å². The Morgan fingerprint density at radius 3 is 3.00 bits per heavy atom. The molecule has 1 fully saturated rings. The SMILES string of the molecule is C/C=C/C/C=C1/CC2C=CC1C2. The summed E-state index contributed by atoms with van der Waals surface area (Å²) >= 11 is 0. The van der Waals surface area contributed by atoms with E-state index in [0.717, 1.165) is 18.3 Å². The third-order valence-electron chi connectivity index (χ3n) is 2.90. The van der Waals surface area contributed by atoms with Gasteiger partial charge in [-0.2, -0.15) is 0 Å². The second kappa shape index (κ2) is 3.30. The first kappa shape index (κ1) is 7.85. The summed E-state index contributed by atoms with van der Waals surface area (Å²) in [5, 5.41) is 0. The van der Waals surface area contributed by atoms with E-state index >= 15 is 0 Å². The van der Waals surface area contributed by atoms with Crippen molar-refractivity contribution in [2.24, 2.45) is 11.8 Å². The van der Waals surface area contributed by atoms with E-state index in [1.165, 1.54) is 12.8 Å². The molecule has 0 amide bonds. The number of allylic oxidation sites excluding steroid dienone is 6. The Kier molecular flexibility index (Phi) is 2.16. The molecule has 2 aliphatic carbocycles. The number of hydrogen-bond donors (Lipinski definition) is 0. The largest absolute Gasteiger partial charge is 0.0914 e. The third-order valence-corrected chi connectivity index (χ3v) is 2.90. The van der Waals surface area contributed by atoms with Crippen LogP contribution in [0.3, 0.4) is 0 Å². The van der Waals surface area contributed by atoms with Crippen LogP contribution in [0.2, 0.25) is 0 Å². The Hall–Kier alpha value is -0.780. The average Bonchev–Trinajstić information content (AvgIpc) is 2.65. The highest BCUT2D eigenvalue weighted by Gasteiger charge is 2.29. The van der Waals surface area contributed by atoms with Crippen LogP contribution in [0, 0.1) is 11.8 Å². The van der Waals surface area contributed by atoms with E-state index in [4.69, 9.17) is 0 Å². The molecule has 0 aromatic carbocycles. The maximum Gasteiger partial charge on any atom is -0.00172 e. The topological polar surface area (TPSA) is 0 Å². The van der Waals surface area contributed by atoms with Crippen molar-refractivity contribution in [3.63, 3.8) is 0 Å². The highest BCUT2D eigenvalue weighted by atomic mass is 14.3. The summed E-state index contributed by atoms with van der Waals surface area (Å²) in [4.78, 5) is 0. The molecule has 0 N–H and O–H groups in total. The van der Waals surface area contributed by atoms with Crippen LogP contribution in [0.1, 0.15) is 26.2 Å². The Bertz CT molecular complexity index is 243. The molecule has 2 bridgehead atoms. The maximum atomic E-state index is 2.41. The van der Waals surface area contributed by atoms with Crippen LogP contribution in [0.4, 0.5) is 0 Å². The first-order valence-electron chi connectivity index (χ1n) is 4.88. The van der Waals surface area contributed by atoms with Crippen LogP contribution in [0.25, 0.3) is 0 Å². The smallest absolute Gasteiger partial charge is 0.00172 e. The molecule has 64 valence electrons. The van der Waals surface area contributed by atoms with Crippen LogP contribution in [0.5, 0.6) is 0 Å². The normalized spacial score (nSPS) is 35.9. The van der Waals surface area contributed by atoms with Crippen LogP contribution in [0.15, 0.2) is 36.0 Å². The predicted molar refractivity (Wildman–Crippen MR) is 52.9 cm³/mol. The first-order chi connectivity index (χ1) is 5.90. The molecular formula is C12H16. The Morgan fingerprint density at radius 2 is 2.42 bits per heavy atom. The predicted octanol–water partition coefficient (Wildman–Crippen LogP) is 3.48. The van der Waals surface area contributed by atoms with E-state index in [2.05, 4.69) is 37.3 Å². The summed E-state index contributed by atoms with van der Waals surface area (Å²) in [6, 6.07) is 0. The molecule has 0 aliphatic heterocycles. The summed E-state index contributed by atoms with van der Waals surface area (Å²) in [6.07, 6.45) is 15.4. The third kappa shape index (κ3) is 1.38. The van der Waals surface area contributed by atoms with Crippen molar-refractivity contribution in [3.8, 4) is 0 Å². The zero-order chi connectivity index (χ0) is 8.39. The monoisotopic (exact) mass is 160 g/mol. The van der Waals surface area contributed by atoms with Crippen LogP contribution >= 0.6 is 0 Å². The number of hydrogen-bond acceptors (Lipinski definition) is 0. The van der Waals surface area contributed by atoms with E-state index < -0.39 is 0 Å². The van der Waals surface area contributed by atoms with Crippen LogP contribution in [-0.2, 0) is 0 Å². The van der Waals surface area contributed by atoms with Gasteiger partial charge in [-0.25, -0.2) is 0 Å². The lowest BCUT2D eigenvalue weighted by Gasteiger charge is -2.06. The summed E-state index contributed by atoms with van der Waals surface area (Å²) in [7, 11) is 0. The van der Waals surface area contributed by atoms with Gasteiger partial charge in [0.15, 0.2) is 0 Å². The van der Waals surface area contributed by atoms with Crippen molar-refractivity contribution in [2.45, 2.75) is 26.2 Å². The van der Waals surface area contributed by atoms with Gasteiger partial charge in [0.05, 0.1) is 0 Å². The number of fused-ring (bicyclic) bond motifs is 2. The summed E-state index contributed by atoms with van der Waals surface area (Å²) in [5.74, 6) is 1.69. The molecule has 0 heteroatoms. The molecule has 0 aromatic heterocycles. The lowest BCUT2D eigenvalue weighted by Crippen LogP contribution is -1.91. The minimum atomic E-state index is 0.806. The minimum Gasteiger partial charge on any atom is -0.0914 e. The highest BCUT2D eigenvalue weighted by Crippen LogP contribution is 2.42. The van der Waals surface area contributed by atoms with Gasteiger partial charge in [-0.3, -0.25) is 0 Å². The van der Waals surface area contributed by atoms with Gasteiger partial charge in [0.25, 0.3) is 0 Å². The Morgan fingerprint density at radius 1 is 1.50 bits per heavy atom. The van der Waals surface area contributed by atoms with E-state index in [-0.39, 0.29) is 0 Å². The number of rotatable bonds is 2. The van der Waals surface area contributed by atoms with Gasteiger partial charge in [0.1, 0.15) is 0 Å². The molecule has 1 saturated carbocycles. The summed E-state index contributed by atoms with van der Waals surface area (Å²) in [5.41, 5.74) is 1.68. The molecule has 0 radical (unpaired) electrons. The molecule has 2 rings (SSSR count). The van der Waals surface area contributed by atoms with Crippen molar-refractivity contribution >= 4 is 0 Å².